The van der Waals surface area contributed by atoms with Crippen molar-refractivity contribution in [1.82, 2.24) is 4.57 Å². The van der Waals surface area contributed by atoms with E-state index < -0.39 is 0 Å². The predicted octanol–water partition coefficient (Wildman–Crippen LogP) is 3.52. The van der Waals surface area contributed by atoms with E-state index in [1.807, 2.05) is 43.4 Å². The molecular formula is C22H23NO4. The molecule has 2 heterocycles. The van der Waals surface area contributed by atoms with Crippen molar-refractivity contribution in [2.75, 3.05) is 20.3 Å². The number of nitrogens with zero attached hydrogens (tertiary/aromatic N) is 1. The lowest BCUT2D eigenvalue weighted by atomic mass is 9.96. The van der Waals surface area contributed by atoms with Gasteiger partial charge < -0.3 is 18.8 Å². The number of fused-ring (bicyclic) bond motifs is 1. The lowest BCUT2D eigenvalue weighted by Crippen LogP contribution is -2.24. The first-order chi connectivity index (χ1) is 13.2. The van der Waals surface area contributed by atoms with E-state index in [0.717, 1.165) is 41.0 Å². The van der Waals surface area contributed by atoms with Crippen LogP contribution >= 0.6 is 0 Å². The molecule has 0 radical (unpaired) electrons. The first-order valence-electron chi connectivity index (χ1n) is 9.13. The Morgan fingerprint density at radius 3 is 2.67 bits per heavy atom. The molecule has 140 valence electrons. The lowest BCUT2D eigenvalue weighted by molar-refractivity contribution is 0.0291. The minimum absolute atomic E-state index is 0.0337. The van der Waals surface area contributed by atoms with E-state index in [9.17, 15) is 4.79 Å². The largest absolute Gasteiger partial charge is 0.497 e. The fraction of sp³-hybridized carbons (Fsp3) is 0.318. The number of methoxy groups -OCH3 is 1. The van der Waals surface area contributed by atoms with Crippen LogP contribution in [0.15, 0.2) is 53.3 Å². The van der Waals surface area contributed by atoms with Crippen molar-refractivity contribution < 1.29 is 14.2 Å². The molecule has 0 spiro atoms. The summed E-state index contributed by atoms with van der Waals surface area (Å²) in [5.41, 5.74) is 2.88. The van der Waals surface area contributed by atoms with Gasteiger partial charge in [0.2, 0.25) is 0 Å². The van der Waals surface area contributed by atoms with Crippen molar-refractivity contribution in [3.8, 4) is 16.9 Å². The second kappa shape index (κ2) is 7.55. The molecule has 1 aromatic heterocycles. The summed E-state index contributed by atoms with van der Waals surface area (Å²) >= 11 is 0. The Kier molecular flexibility index (Phi) is 4.97. The number of hydrogen-bond acceptors (Lipinski definition) is 4. The van der Waals surface area contributed by atoms with Gasteiger partial charge in [0.25, 0.3) is 5.56 Å². The van der Waals surface area contributed by atoms with Crippen molar-refractivity contribution in [2.45, 2.75) is 19.1 Å². The molecule has 5 nitrogen and oxygen atoms in total. The third-order valence-corrected chi connectivity index (χ3v) is 5.13. The molecule has 0 saturated carbocycles. The summed E-state index contributed by atoms with van der Waals surface area (Å²) in [6.07, 6.45) is 0.959. The van der Waals surface area contributed by atoms with Crippen LogP contribution in [0.5, 0.6) is 5.75 Å². The molecule has 1 aliphatic rings. The maximum absolute atomic E-state index is 13.0. The lowest BCUT2D eigenvalue weighted by Gasteiger charge is -2.19. The Bertz CT molecular complexity index is 1000. The van der Waals surface area contributed by atoms with Crippen molar-refractivity contribution in [3.05, 3.63) is 64.6 Å². The molecule has 2 aromatic carbocycles. The zero-order valence-corrected chi connectivity index (χ0v) is 15.6. The van der Waals surface area contributed by atoms with Crippen LogP contribution in [0.2, 0.25) is 0 Å². The Balaban J connectivity index is 1.93. The maximum atomic E-state index is 13.0. The van der Waals surface area contributed by atoms with Gasteiger partial charge in [-0.3, -0.25) is 4.79 Å². The van der Waals surface area contributed by atoms with Gasteiger partial charge >= 0.3 is 0 Å². The first kappa shape index (κ1) is 17.8. The number of ether oxygens (including phenoxy) is 3. The van der Waals surface area contributed by atoms with E-state index in [0.29, 0.717) is 18.6 Å². The summed E-state index contributed by atoms with van der Waals surface area (Å²) < 4.78 is 18.6. The predicted molar refractivity (Wildman–Crippen MR) is 105 cm³/mol. The molecule has 0 aliphatic carbocycles. The highest BCUT2D eigenvalue weighted by Gasteiger charge is 2.21. The number of hydrogen-bond donors (Lipinski definition) is 0. The number of rotatable bonds is 5. The zero-order chi connectivity index (χ0) is 18.8. The smallest absolute Gasteiger partial charge is 0.258 e. The first-order valence-corrected chi connectivity index (χ1v) is 9.13. The Morgan fingerprint density at radius 1 is 1.15 bits per heavy atom. The fourth-order valence-corrected chi connectivity index (χ4v) is 3.61. The van der Waals surface area contributed by atoms with Crippen molar-refractivity contribution in [3.63, 3.8) is 0 Å². The molecular weight excluding hydrogens is 342 g/mol. The third-order valence-electron chi connectivity index (χ3n) is 5.13. The SMILES string of the molecule is COc1ccc2c(=O)n(C)c(COC3CCOC3)c(-c3ccccc3)c2c1. The van der Waals surface area contributed by atoms with Crippen molar-refractivity contribution in [2.24, 2.45) is 7.05 Å². The molecule has 0 amide bonds. The third kappa shape index (κ3) is 3.36. The quantitative estimate of drug-likeness (QED) is 0.694. The van der Waals surface area contributed by atoms with Gasteiger partial charge in [0.15, 0.2) is 0 Å². The standard InChI is InChI=1S/C22H23NO4/c1-23-20(14-27-17-10-11-26-13-17)21(15-6-4-3-5-7-15)19-12-16(25-2)8-9-18(19)22(23)24/h3-9,12,17H,10-11,13-14H2,1-2H3. The highest BCUT2D eigenvalue weighted by atomic mass is 16.5. The van der Waals surface area contributed by atoms with E-state index in [1.54, 1.807) is 11.7 Å². The fourth-order valence-electron chi connectivity index (χ4n) is 3.61. The van der Waals surface area contributed by atoms with Crippen LogP contribution < -0.4 is 10.3 Å². The Labute approximate surface area is 158 Å². The summed E-state index contributed by atoms with van der Waals surface area (Å²) in [5, 5.41) is 1.55. The molecule has 1 atom stereocenters. The number of aromatic nitrogens is 1. The second-order valence-corrected chi connectivity index (χ2v) is 6.76. The van der Waals surface area contributed by atoms with Crippen molar-refractivity contribution in [1.29, 1.82) is 0 Å². The van der Waals surface area contributed by atoms with E-state index >= 15 is 0 Å². The topological polar surface area (TPSA) is 49.7 Å². The van der Waals surface area contributed by atoms with E-state index in [2.05, 4.69) is 12.1 Å². The van der Waals surface area contributed by atoms with Gasteiger partial charge in [0.05, 0.1) is 32.1 Å². The van der Waals surface area contributed by atoms with Crippen LogP contribution in [-0.4, -0.2) is 31.0 Å². The van der Waals surface area contributed by atoms with Gasteiger partial charge in [-0.15, -0.1) is 0 Å². The van der Waals surface area contributed by atoms with Gasteiger partial charge in [0.1, 0.15) is 5.75 Å². The Hall–Kier alpha value is -2.63. The van der Waals surface area contributed by atoms with E-state index in [4.69, 9.17) is 14.2 Å². The maximum Gasteiger partial charge on any atom is 0.258 e. The second-order valence-electron chi connectivity index (χ2n) is 6.76. The van der Waals surface area contributed by atoms with Crippen LogP contribution in [0, 0.1) is 0 Å². The van der Waals surface area contributed by atoms with E-state index in [-0.39, 0.29) is 11.7 Å². The molecule has 5 heteroatoms. The Morgan fingerprint density at radius 2 is 1.96 bits per heavy atom. The monoisotopic (exact) mass is 365 g/mol. The highest BCUT2D eigenvalue weighted by molar-refractivity contribution is 5.98. The van der Waals surface area contributed by atoms with Gasteiger partial charge in [-0.1, -0.05) is 30.3 Å². The van der Waals surface area contributed by atoms with Crippen molar-refractivity contribution >= 4 is 10.8 Å². The van der Waals surface area contributed by atoms with Crippen LogP contribution in [0.1, 0.15) is 12.1 Å². The van der Waals surface area contributed by atoms with Gasteiger partial charge in [-0.2, -0.15) is 0 Å². The van der Waals surface area contributed by atoms with Gasteiger partial charge in [-0.05, 0) is 30.2 Å². The summed E-state index contributed by atoms with van der Waals surface area (Å²) in [5.74, 6) is 0.726. The summed E-state index contributed by atoms with van der Waals surface area (Å²) in [4.78, 5) is 13.0. The molecule has 27 heavy (non-hydrogen) atoms. The number of benzene rings is 2. The molecule has 1 fully saturated rings. The summed E-state index contributed by atoms with van der Waals surface area (Å²) in [6, 6.07) is 15.7. The summed E-state index contributed by atoms with van der Waals surface area (Å²) in [7, 11) is 3.44. The zero-order valence-electron chi connectivity index (χ0n) is 15.6. The van der Waals surface area contributed by atoms with E-state index in [1.165, 1.54) is 0 Å². The molecule has 0 N–H and O–H groups in total. The average Bonchev–Trinajstić information content (AvgIpc) is 3.23. The normalized spacial score (nSPS) is 16.7. The molecule has 1 aliphatic heterocycles. The van der Waals surface area contributed by atoms with Crippen LogP contribution in [-0.2, 0) is 23.1 Å². The minimum Gasteiger partial charge on any atom is -0.497 e. The average molecular weight is 365 g/mol. The van der Waals surface area contributed by atoms with Crippen LogP contribution in [0.4, 0.5) is 0 Å². The molecule has 3 aromatic rings. The summed E-state index contributed by atoms with van der Waals surface area (Å²) in [6.45, 7) is 1.69. The molecule has 1 saturated heterocycles. The van der Waals surface area contributed by atoms with Crippen LogP contribution in [0.3, 0.4) is 0 Å². The number of pyridine rings is 1. The molecule has 1 unspecified atom stereocenters. The molecule has 0 bridgehead atoms. The highest BCUT2D eigenvalue weighted by Crippen LogP contribution is 2.33. The van der Waals surface area contributed by atoms with Crippen LogP contribution in [0.25, 0.3) is 21.9 Å². The molecule has 4 rings (SSSR count). The van der Waals surface area contributed by atoms with Gasteiger partial charge in [-0.25, -0.2) is 0 Å². The minimum atomic E-state index is -0.0337. The van der Waals surface area contributed by atoms with Gasteiger partial charge in [0, 0.05) is 30.0 Å².